The van der Waals surface area contributed by atoms with Gasteiger partial charge in [-0.1, -0.05) is 0 Å². The van der Waals surface area contributed by atoms with Crippen molar-refractivity contribution in [3.05, 3.63) is 0 Å². The van der Waals surface area contributed by atoms with Crippen LogP contribution in [0.2, 0.25) is 0 Å². The van der Waals surface area contributed by atoms with E-state index in [0.29, 0.717) is 5.66 Å². The molecule has 1 aliphatic heterocycles. The first-order valence-corrected chi connectivity index (χ1v) is 3.86. The van der Waals surface area contributed by atoms with E-state index in [1.807, 2.05) is 7.05 Å². The van der Waals surface area contributed by atoms with Crippen molar-refractivity contribution in [2.75, 3.05) is 13.6 Å². The predicted molar refractivity (Wildman–Crippen MR) is 40.4 cm³/mol. The molecule has 1 amide bonds. The number of nitrogens with zero attached hydrogens (tertiary/aromatic N) is 1. The fraction of sp³-hybridized carbons (Fsp3) is 0.833. The van der Waals surface area contributed by atoms with Crippen molar-refractivity contribution in [1.29, 1.82) is 0 Å². The normalized spacial score (nSPS) is 28.9. The summed E-state index contributed by atoms with van der Waals surface area (Å²) in [5.74, 6) is 0.286. The maximum atomic E-state index is 10.9. The third-order valence-electron chi connectivity index (χ3n) is 1.66. The second-order valence-corrected chi connectivity index (χ2v) is 3.52. The molecule has 0 N–H and O–H groups in total. The predicted octanol–water partition coefficient (Wildman–Crippen LogP) is 0.482. The monoisotopic (exact) mass is 145 g/mol. The maximum absolute atomic E-state index is 10.9. The minimum atomic E-state index is 0.286. The van der Waals surface area contributed by atoms with Gasteiger partial charge in [0.25, 0.3) is 0 Å². The Balaban J connectivity index is 2.44. The molecule has 0 aromatic rings. The van der Waals surface area contributed by atoms with Crippen LogP contribution in [0.5, 0.6) is 0 Å². The van der Waals surface area contributed by atoms with Crippen LogP contribution in [-0.2, 0) is 4.79 Å². The molecule has 1 aliphatic rings. The quantitative estimate of drug-likeness (QED) is 0.454. The van der Waals surface area contributed by atoms with Gasteiger partial charge in [-0.2, -0.15) is 0 Å². The molecule has 1 saturated heterocycles. The molecule has 0 spiro atoms. The van der Waals surface area contributed by atoms with Gasteiger partial charge in [0, 0.05) is 20.0 Å². The molecule has 0 aromatic heterocycles. The van der Waals surface area contributed by atoms with E-state index in [1.54, 1.807) is 4.90 Å². The minimum Gasteiger partial charge on any atom is -0.345 e. The van der Waals surface area contributed by atoms with E-state index >= 15 is 0 Å². The van der Waals surface area contributed by atoms with Gasteiger partial charge in [0.2, 0.25) is 5.91 Å². The smallest absolute Gasteiger partial charge is 0.222 e. The highest BCUT2D eigenvalue weighted by Crippen LogP contribution is 2.15. The number of carbonyl (C=O) groups is 1. The first-order chi connectivity index (χ1) is 4.20. The van der Waals surface area contributed by atoms with Crippen molar-refractivity contribution in [1.82, 2.24) is 4.90 Å². The van der Waals surface area contributed by atoms with Crippen LogP contribution in [0.4, 0.5) is 0 Å². The van der Waals surface area contributed by atoms with Crippen LogP contribution in [0.15, 0.2) is 0 Å². The van der Waals surface area contributed by atoms with Crippen molar-refractivity contribution < 1.29 is 4.79 Å². The van der Waals surface area contributed by atoms with Crippen LogP contribution in [0.25, 0.3) is 0 Å². The van der Waals surface area contributed by atoms with Crippen LogP contribution >= 0.6 is 9.24 Å². The van der Waals surface area contributed by atoms with Gasteiger partial charge in [0.1, 0.15) is 0 Å². The maximum Gasteiger partial charge on any atom is 0.222 e. The summed E-state index contributed by atoms with van der Waals surface area (Å²) in [5, 5.41) is 0. The fourth-order valence-corrected chi connectivity index (χ4v) is 1.53. The summed E-state index contributed by atoms with van der Waals surface area (Å²) in [5.41, 5.74) is 0.618. The number of amides is 1. The summed E-state index contributed by atoms with van der Waals surface area (Å²) in [7, 11) is 4.61. The summed E-state index contributed by atoms with van der Waals surface area (Å²) in [4.78, 5) is 12.6. The molecule has 2 unspecified atom stereocenters. The number of hydrogen-bond donors (Lipinski definition) is 0. The van der Waals surface area contributed by atoms with E-state index in [4.69, 9.17) is 0 Å². The van der Waals surface area contributed by atoms with Gasteiger partial charge in [-0.3, -0.25) is 4.79 Å². The van der Waals surface area contributed by atoms with E-state index in [9.17, 15) is 4.79 Å². The van der Waals surface area contributed by atoms with Gasteiger partial charge >= 0.3 is 0 Å². The molecule has 2 nitrogen and oxygen atoms in total. The van der Waals surface area contributed by atoms with Crippen molar-refractivity contribution in [2.45, 2.75) is 18.5 Å². The van der Waals surface area contributed by atoms with Crippen molar-refractivity contribution in [3.63, 3.8) is 0 Å². The molecule has 52 valence electrons. The molecule has 2 atom stereocenters. The third-order valence-corrected chi connectivity index (χ3v) is 2.21. The van der Waals surface area contributed by atoms with Crippen LogP contribution in [0, 0.1) is 0 Å². The molecule has 3 heteroatoms. The van der Waals surface area contributed by atoms with Gasteiger partial charge in [0.15, 0.2) is 0 Å². The van der Waals surface area contributed by atoms with Crippen molar-refractivity contribution in [3.8, 4) is 0 Å². The Morgan fingerprint density at radius 1 is 1.78 bits per heavy atom. The van der Waals surface area contributed by atoms with E-state index < -0.39 is 0 Å². The lowest BCUT2D eigenvalue weighted by molar-refractivity contribution is -0.131. The van der Waals surface area contributed by atoms with Crippen LogP contribution in [-0.4, -0.2) is 30.1 Å². The Labute approximate surface area is 57.8 Å². The fourth-order valence-electron chi connectivity index (χ4n) is 1.04. The lowest BCUT2D eigenvalue weighted by Crippen LogP contribution is -2.36. The number of likely N-dealkylation sites (tertiary alicyclic amines) is 1. The largest absolute Gasteiger partial charge is 0.345 e. The zero-order valence-electron chi connectivity index (χ0n) is 5.63. The number of rotatable bonds is 0. The molecular formula is C6H12NOP. The van der Waals surface area contributed by atoms with Crippen molar-refractivity contribution >= 4 is 15.1 Å². The van der Waals surface area contributed by atoms with Crippen molar-refractivity contribution in [2.24, 2.45) is 0 Å². The lowest BCUT2D eigenvalue weighted by atomic mass is 10.1. The van der Waals surface area contributed by atoms with E-state index in [-0.39, 0.29) is 5.91 Å². The number of hydrogen-bond acceptors (Lipinski definition) is 1. The van der Waals surface area contributed by atoms with Gasteiger partial charge in [-0.15, -0.1) is 9.24 Å². The Morgan fingerprint density at radius 3 is 2.89 bits per heavy atom. The molecule has 0 aromatic carbocycles. The number of piperidine rings is 1. The summed E-state index contributed by atoms with van der Waals surface area (Å²) in [6, 6.07) is 0. The molecule has 0 saturated carbocycles. The Kier molecular flexibility index (Phi) is 2.07. The second kappa shape index (κ2) is 2.66. The summed E-state index contributed by atoms with van der Waals surface area (Å²) < 4.78 is 0. The van der Waals surface area contributed by atoms with Crippen LogP contribution in [0.1, 0.15) is 12.8 Å². The lowest BCUT2D eigenvalue weighted by Gasteiger charge is -2.26. The summed E-state index contributed by atoms with van der Waals surface area (Å²) in [6.45, 7) is 0.906. The van der Waals surface area contributed by atoms with Gasteiger partial charge < -0.3 is 4.90 Å². The Bertz CT molecular complexity index is 126. The zero-order valence-corrected chi connectivity index (χ0v) is 6.79. The first kappa shape index (κ1) is 7.01. The highest BCUT2D eigenvalue weighted by molar-refractivity contribution is 7.17. The molecule has 0 aliphatic carbocycles. The summed E-state index contributed by atoms with van der Waals surface area (Å²) in [6.07, 6.45) is 1.76. The highest BCUT2D eigenvalue weighted by Gasteiger charge is 2.18. The average Bonchev–Trinajstić information content (AvgIpc) is 1.80. The molecule has 1 fully saturated rings. The third kappa shape index (κ3) is 1.65. The molecule has 9 heavy (non-hydrogen) atoms. The molecular weight excluding hydrogens is 133 g/mol. The Hall–Kier alpha value is -0.100. The van der Waals surface area contributed by atoms with E-state index in [0.717, 1.165) is 19.4 Å². The molecule has 0 radical (unpaired) electrons. The minimum absolute atomic E-state index is 0.286. The number of carbonyl (C=O) groups excluding carboxylic acids is 1. The zero-order chi connectivity index (χ0) is 6.85. The highest BCUT2D eigenvalue weighted by atomic mass is 31.0. The first-order valence-electron chi connectivity index (χ1n) is 3.19. The topological polar surface area (TPSA) is 20.3 Å². The molecule has 0 bridgehead atoms. The van der Waals surface area contributed by atoms with Gasteiger partial charge in [-0.05, 0) is 12.1 Å². The van der Waals surface area contributed by atoms with Crippen LogP contribution < -0.4 is 0 Å². The van der Waals surface area contributed by atoms with E-state index in [2.05, 4.69) is 9.24 Å². The van der Waals surface area contributed by atoms with Crippen LogP contribution in [0.3, 0.4) is 0 Å². The summed E-state index contributed by atoms with van der Waals surface area (Å²) >= 11 is 0. The second-order valence-electron chi connectivity index (χ2n) is 2.57. The van der Waals surface area contributed by atoms with Gasteiger partial charge in [0.05, 0.1) is 0 Å². The van der Waals surface area contributed by atoms with Gasteiger partial charge in [-0.25, -0.2) is 0 Å². The molecule has 1 rings (SSSR count). The molecule has 1 heterocycles. The standard InChI is InChI=1S/C6H12NOP/c1-7-4-5(9)2-3-6(7)8/h5H,2-4,9H2,1H3. The SMILES string of the molecule is CN1CC(P)CCC1=O. The average molecular weight is 145 g/mol. The van der Waals surface area contributed by atoms with E-state index in [1.165, 1.54) is 0 Å². The Morgan fingerprint density at radius 2 is 2.44 bits per heavy atom.